The van der Waals surface area contributed by atoms with Gasteiger partial charge in [0.05, 0.1) is 6.10 Å². The van der Waals surface area contributed by atoms with Crippen LogP contribution >= 0.6 is 0 Å². The van der Waals surface area contributed by atoms with Gasteiger partial charge >= 0.3 is 5.97 Å². The van der Waals surface area contributed by atoms with Crippen LogP contribution in [0, 0.1) is 11.8 Å². The van der Waals surface area contributed by atoms with Crippen LogP contribution in [0.15, 0.2) is 0 Å². The summed E-state index contributed by atoms with van der Waals surface area (Å²) in [6.45, 7) is 3.59. The van der Waals surface area contributed by atoms with E-state index < -0.39 is 0 Å². The van der Waals surface area contributed by atoms with E-state index in [0.29, 0.717) is 12.5 Å². The third-order valence-electron chi connectivity index (χ3n) is 3.81. The van der Waals surface area contributed by atoms with Crippen molar-refractivity contribution in [1.29, 1.82) is 0 Å². The Morgan fingerprint density at radius 2 is 1.94 bits per heavy atom. The molecule has 0 aromatic carbocycles. The Bertz CT molecular complexity index is 269. The average molecular weight is 256 g/mol. The van der Waals surface area contributed by atoms with E-state index in [1.54, 1.807) is 14.0 Å². The molecule has 0 radical (unpaired) electrons. The molecule has 0 N–H and O–H groups in total. The van der Waals surface area contributed by atoms with E-state index in [0.717, 1.165) is 32.0 Å². The molecule has 4 heteroatoms. The first-order chi connectivity index (χ1) is 8.62. The number of methoxy groups -OCH3 is 1. The maximum Gasteiger partial charge on any atom is 0.305 e. The largest absolute Gasteiger partial charge is 0.461 e. The lowest BCUT2D eigenvalue weighted by atomic mass is 9.80. The molecule has 0 bridgehead atoms. The van der Waals surface area contributed by atoms with E-state index in [1.807, 2.05) is 6.92 Å². The SMILES string of the molecule is CCC(=O)OC(C(C)C=O)C1CCC(OC)CC1. The van der Waals surface area contributed by atoms with Crippen LogP contribution in [0.3, 0.4) is 0 Å². The summed E-state index contributed by atoms with van der Waals surface area (Å²) in [6, 6.07) is 0. The van der Waals surface area contributed by atoms with Gasteiger partial charge in [-0.05, 0) is 31.6 Å². The van der Waals surface area contributed by atoms with Crippen molar-refractivity contribution in [2.45, 2.75) is 58.2 Å². The summed E-state index contributed by atoms with van der Waals surface area (Å²) in [7, 11) is 1.73. The molecule has 0 aliphatic heterocycles. The molecule has 0 amide bonds. The van der Waals surface area contributed by atoms with Gasteiger partial charge in [-0.3, -0.25) is 4.79 Å². The van der Waals surface area contributed by atoms with Crippen molar-refractivity contribution < 1.29 is 19.1 Å². The van der Waals surface area contributed by atoms with Gasteiger partial charge < -0.3 is 14.3 Å². The van der Waals surface area contributed by atoms with Crippen molar-refractivity contribution in [1.82, 2.24) is 0 Å². The van der Waals surface area contributed by atoms with Gasteiger partial charge in [-0.2, -0.15) is 0 Å². The molecular weight excluding hydrogens is 232 g/mol. The van der Waals surface area contributed by atoms with Crippen molar-refractivity contribution in [3.05, 3.63) is 0 Å². The third-order valence-corrected chi connectivity index (χ3v) is 3.81. The molecule has 1 saturated carbocycles. The predicted octanol–water partition coefficient (Wildman–Crippen LogP) is 2.35. The van der Waals surface area contributed by atoms with E-state index in [1.165, 1.54) is 0 Å². The zero-order valence-corrected chi connectivity index (χ0v) is 11.6. The summed E-state index contributed by atoms with van der Waals surface area (Å²) in [5, 5.41) is 0. The van der Waals surface area contributed by atoms with Crippen molar-refractivity contribution in [2.75, 3.05) is 7.11 Å². The van der Waals surface area contributed by atoms with Gasteiger partial charge in [-0.25, -0.2) is 0 Å². The number of hydrogen-bond acceptors (Lipinski definition) is 4. The topological polar surface area (TPSA) is 52.6 Å². The van der Waals surface area contributed by atoms with E-state index in [-0.39, 0.29) is 23.9 Å². The quantitative estimate of drug-likeness (QED) is 0.540. The number of esters is 1. The molecule has 1 aliphatic rings. The fourth-order valence-electron chi connectivity index (χ4n) is 2.60. The van der Waals surface area contributed by atoms with E-state index in [9.17, 15) is 9.59 Å². The number of carbonyl (C=O) groups excluding carboxylic acids is 2. The van der Waals surface area contributed by atoms with Crippen LogP contribution in [0.5, 0.6) is 0 Å². The fourth-order valence-corrected chi connectivity index (χ4v) is 2.60. The number of carbonyl (C=O) groups is 2. The van der Waals surface area contributed by atoms with Crippen LogP contribution in [-0.4, -0.2) is 31.6 Å². The van der Waals surface area contributed by atoms with Crippen LogP contribution in [-0.2, 0) is 19.1 Å². The molecule has 0 saturated heterocycles. The zero-order chi connectivity index (χ0) is 13.5. The van der Waals surface area contributed by atoms with E-state index in [2.05, 4.69) is 0 Å². The Morgan fingerprint density at radius 1 is 1.33 bits per heavy atom. The standard InChI is InChI=1S/C14H24O4/c1-4-13(16)18-14(10(2)9-15)11-5-7-12(17-3)8-6-11/h9-12,14H,4-8H2,1-3H3. The molecular formula is C14H24O4. The highest BCUT2D eigenvalue weighted by molar-refractivity contribution is 5.69. The van der Waals surface area contributed by atoms with Crippen molar-refractivity contribution >= 4 is 12.3 Å². The van der Waals surface area contributed by atoms with Crippen LogP contribution in [0.4, 0.5) is 0 Å². The Morgan fingerprint density at radius 3 is 2.39 bits per heavy atom. The van der Waals surface area contributed by atoms with Gasteiger partial charge in [0.25, 0.3) is 0 Å². The number of ether oxygens (including phenoxy) is 2. The molecule has 4 nitrogen and oxygen atoms in total. The van der Waals surface area contributed by atoms with Crippen molar-refractivity contribution in [3.8, 4) is 0 Å². The van der Waals surface area contributed by atoms with Crippen LogP contribution in [0.1, 0.15) is 46.0 Å². The molecule has 1 fully saturated rings. The number of aldehydes is 1. The molecule has 2 atom stereocenters. The average Bonchev–Trinajstić information content (AvgIpc) is 2.43. The lowest BCUT2D eigenvalue weighted by Gasteiger charge is -2.34. The first-order valence-electron chi connectivity index (χ1n) is 6.79. The van der Waals surface area contributed by atoms with Crippen LogP contribution in [0.2, 0.25) is 0 Å². The minimum Gasteiger partial charge on any atom is -0.461 e. The smallest absolute Gasteiger partial charge is 0.305 e. The van der Waals surface area contributed by atoms with Crippen molar-refractivity contribution in [2.24, 2.45) is 11.8 Å². The summed E-state index contributed by atoms with van der Waals surface area (Å²) in [5.41, 5.74) is 0. The fraction of sp³-hybridized carbons (Fsp3) is 0.857. The normalized spacial score (nSPS) is 27.3. The molecule has 0 spiro atoms. The molecule has 0 aromatic rings. The molecule has 1 rings (SSSR count). The molecule has 18 heavy (non-hydrogen) atoms. The highest BCUT2D eigenvalue weighted by Gasteiger charge is 2.33. The predicted molar refractivity (Wildman–Crippen MR) is 68.2 cm³/mol. The van der Waals surface area contributed by atoms with Gasteiger partial charge in [-0.1, -0.05) is 13.8 Å². The summed E-state index contributed by atoms with van der Waals surface area (Å²) < 4.78 is 10.8. The van der Waals surface area contributed by atoms with Gasteiger partial charge in [0.2, 0.25) is 0 Å². The number of rotatable bonds is 6. The third kappa shape index (κ3) is 4.09. The lowest BCUT2D eigenvalue weighted by Crippen LogP contribution is -2.36. The van der Waals surface area contributed by atoms with Gasteiger partial charge in [0, 0.05) is 19.4 Å². The maximum atomic E-state index is 11.4. The van der Waals surface area contributed by atoms with E-state index in [4.69, 9.17) is 9.47 Å². The minimum atomic E-state index is -0.271. The number of hydrogen-bond donors (Lipinski definition) is 0. The summed E-state index contributed by atoms with van der Waals surface area (Å²) in [5.74, 6) is -0.167. The molecule has 0 heterocycles. The molecule has 2 unspecified atom stereocenters. The molecule has 0 aromatic heterocycles. The lowest BCUT2D eigenvalue weighted by molar-refractivity contribution is -0.156. The second-order valence-electron chi connectivity index (χ2n) is 5.08. The Kier molecular flexibility index (Phi) is 6.33. The summed E-state index contributed by atoms with van der Waals surface area (Å²) in [6.07, 6.45) is 5.16. The summed E-state index contributed by atoms with van der Waals surface area (Å²) in [4.78, 5) is 22.4. The van der Waals surface area contributed by atoms with Gasteiger partial charge in [0.1, 0.15) is 12.4 Å². The van der Waals surface area contributed by atoms with E-state index >= 15 is 0 Å². The second-order valence-corrected chi connectivity index (χ2v) is 5.08. The van der Waals surface area contributed by atoms with Gasteiger partial charge in [-0.15, -0.1) is 0 Å². The first kappa shape index (κ1) is 15.2. The highest BCUT2D eigenvalue weighted by Crippen LogP contribution is 2.32. The Balaban J connectivity index is 2.60. The maximum absolute atomic E-state index is 11.4. The summed E-state index contributed by atoms with van der Waals surface area (Å²) >= 11 is 0. The Labute approximate surface area is 109 Å². The zero-order valence-electron chi connectivity index (χ0n) is 11.6. The Hall–Kier alpha value is -0.900. The molecule has 1 aliphatic carbocycles. The highest BCUT2D eigenvalue weighted by atomic mass is 16.5. The minimum absolute atomic E-state index is 0.220. The van der Waals surface area contributed by atoms with Crippen LogP contribution < -0.4 is 0 Å². The van der Waals surface area contributed by atoms with Crippen LogP contribution in [0.25, 0.3) is 0 Å². The van der Waals surface area contributed by atoms with Crippen molar-refractivity contribution in [3.63, 3.8) is 0 Å². The second kappa shape index (κ2) is 7.52. The first-order valence-corrected chi connectivity index (χ1v) is 6.79. The van der Waals surface area contributed by atoms with Gasteiger partial charge in [0.15, 0.2) is 0 Å². The monoisotopic (exact) mass is 256 g/mol. The molecule has 104 valence electrons.